The molecule has 0 aliphatic carbocycles. The first kappa shape index (κ1) is 18.6. The SMILES string of the molecule is Cc1c(F)cc(NC2=CC(=O)N(c3ccc(C(F)(F)F)cc3)C2=O)cc1F. The van der Waals surface area contributed by atoms with Crippen LogP contribution in [0.25, 0.3) is 0 Å². The molecule has 4 nitrogen and oxygen atoms in total. The maximum Gasteiger partial charge on any atom is 0.416 e. The summed E-state index contributed by atoms with van der Waals surface area (Å²) in [7, 11) is 0. The van der Waals surface area contributed by atoms with Gasteiger partial charge in [0, 0.05) is 17.3 Å². The van der Waals surface area contributed by atoms with Crippen LogP contribution >= 0.6 is 0 Å². The van der Waals surface area contributed by atoms with E-state index in [0.717, 1.165) is 42.5 Å². The highest BCUT2D eigenvalue weighted by Gasteiger charge is 2.34. The van der Waals surface area contributed by atoms with Gasteiger partial charge in [0.2, 0.25) is 0 Å². The standard InChI is InChI=1S/C18H11F5N2O2/c1-9-13(19)6-11(7-14(9)20)24-15-8-16(26)25(17(15)27)12-4-2-10(3-5-12)18(21,22)23/h2-8,24H,1H3. The van der Waals surface area contributed by atoms with Crippen LogP contribution in [0.3, 0.4) is 0 Å². The van der Waals surface area contributed by atoms with Crippen LogP contribution in [0.1, 0.15) is 11.1 Å². The molecule has 0 unspecified atom stereocenters. The second-order valence-electron chi connectivity index (χ2n) is 5.77. The molecule has 0 spiro atoms. The van der Waals surface area contributed by atoms with Crippen LogP contribution in [0.5, 0.6) is 0 Å². The lowest BCUT2D eigenvalue weighted by molar-refractivity contribution is -0.137. The molecular formula is C18H11F5N2O2. The van der Waals surface area contributed by atoms with E-state index < -0.39 is 35.2 Å². The topological polar surface area (TPSA) is 49.4 Å². The Balaban J connectivity index is 1.83. The molecule has 0 bridgehead atoms. The highest BCUT2D eigenvalue weighted by atomic mass is 19.4. The van der Waals surface area contributed by atoms with Crippen molar-refractivity contribution in [1.29, 1.82) is 0 Å². The summed E-state index contributed by atoms with van der Waals surface area (Å²) in [4.78, 5) is 25.1. The summed E-state index contributed by atoms with van der Waals surface area (Å²) in [6.07, 6.45) is -3.65. The summed E-state index contributed by atoms with van der Waals surface area (Å²) >= 11 is 0. The van der Waals surface area contributed by atoms with Crippen LogP contribution < -0.4 is 10.2 Å². The van der Waals surface area contributed by atoms with Crippen LogP contribution in [0, 0.1) is 18.6 Å². The highest BCUT2D eigenvalue weighted by Crippen LogP contribution is 2.32. The Hall–Kier alpha value is -3.23. The lowest BCUT2D eigenvalue weighted by atomic mass is 10.2. The Kier molecular flexibility index (Phi) is 4.46. The average Bonchev–Trinajstić information content (AvgIpc) is 2.85. The predicted molar refractivity (Wildman–Crippen MR) is 86.7 cm³/mol. The number of carbonyl (C=O) groups is 2. The maximum atomic E-state index is 13.6. The van der Waals surface area contributed by atoms with Gasteiger partial charge in [0.15, 0.2) is 0 Å². The summed E-state index contributed by atoms with van der Waals surface area (Å²) in [5.41, 5.74) is -1.54. The molecule has 140 valence electrons. The summed E-state index contributed by atoms with van der Waals surface area (Å²) in [5, 5.41) is 2.45. The van der Waals surface area contributed by atoms with Crippen LogP contribution in [0.15, 0.2) is 48.2 Å². The van der Waals surface area contributed by atoms with Gasteiger partial charge in [0.1, 0.15) is 17.3 Å². The number of hydrogen-bond donors (Lipinski definition) is 1. The monoisotopic (exact) mass is 382 g/mol. The number of rotatable bonds is 3. The normalized spacial score (nSPS) is 14.6. The van der Waals surface area contributed by atoms with Gasteiger partial charge in [0.05, 0.1) is 11.3 Å². The molecule has 2 aromatic rings. The van der Waals surface area contributed by atoms with Crippen molar-refractivity contribution in [3.63, 3.8) is 0 Å². The number of halogens is 5. The minimum absolute atomic E-state index is 0.0627. The number of hydrogen-bond acceptors (Lipinski definition) is 3. The molecule has 0 saturated heterocycles. The molecule has 0 aromatic heterocycles. The first-order valence-electron chi connectivity index (χ1n) is 7.58. The van der Waals surface area contributed by atoms with Gasteiger partial charge in [-0.2, -0.15) is 13.2 Å². The van der Waals surface area contributed by atoms with Gasteiger partial charge >= 0.3 is 6.18 Å². The molecule has 27 heavy (non-hydrogen) atoms. The first-order chi connectivity index (χ1) is 12.6. The Bertz CT molecular complexity index is 942. The largest absolute Gasteiger partial charge is 0.416 e. The zero-order chi connectivity index (χ0) is 19.9. The fraction of sp³-hybridized carbons (Fsp3) is 0.111. The second kappa shape index (κ2) is 6.49. The summed E-state index contributed by atoms with van der Waals surface area (Å²) in [5.74, 6) is -3.33. The van der Waals surface area contributed by atoms with Crippen molar-refractivity contribution in [2.24, 2.45) is 0 Å². The van der Waals surface area contributed by atoms with E-state index in [1.165, 1.54) is 6.92 Å². The third kappa shape index (κ3) is 3.53. The van der Waals surface area contributed by atoms with Gasteiger partial charge in [-0.05, 0) is 43.3 Å². The Morgan fingerprint density at radius 3 is 2.04 bits per heavy atom. The first-order valence-corrected chi connectivity index (χ1v) is 7.58. The van der Waals surface area contributed by atoms with Crippen molar-refractivity contribution < 1.29 is 31.5 Å². The number of benzene rings is 2. The molecule has 0 fully saturated rings. The maximum absolute atomic E-state index is 13.6. The average molecular weight is 382 g/mol. The fourth-order valence-electron chi connectivity index (χ4n) is 2.48. The molecule has 2 aromatic carbocycles. The van der Waals surface area contributed by atoms with Crippen molar-refractivity contribution in [2.75, 3.05) is 10.2 Å². The molecular weight excluding hydrogens is 371 g/mol. The summed E-state index contributed by atoms with van der Waals surface area (Å²) in [6, 6.07) is 5.37. The van der Waals surface area contributed by atoms with Gasteiger partial charge in [-0.15, -0.1) is 0 Å². The number of amides is 2. The van der Waals surface area contributed by atoms with Crippen LogP contribution in [0.4, 0.5) is 33.3 Å². The van der Waals surface area contributed by atoms with E-state index >= 15 is 0 Å². The van der Waals surface area contributed by atoms with Gasteiger partial charge in [-0.25, -0.2) is 13.7 Å². The van der Waals surface area contributed by atoms with E-state index in [2.05, 4.69) is 5.32 Å². The van der Waals surface area contributed by atoms with Crippen LogP contribution in [-0.2, 0) is 15.8 Å². The number of nitrogens with one attached hydrogen (secondary N) is 1. The zero-order valence-corrected chi connectivity index (χ0v) is 13.7. The fourth-order valence-corrected chi connectivity index (χ4v) is 2.48. The molecule has 0 radical (unpaired) electrons. The minimum Gasteiger partial charge on any atom is -0.351 e. The number of carbonyl (C=O) groups excluding carboxylic acids is 2. The number of nitrogens with zero attached hydrogens (tertiary/aromatic N) is 1. The third-order valence-corrected chi connectivity index (χ3v) is 3.93. The smallest absolute Gasteiger partial charge is 0.351 e. The van der Waals surface area contributed by atoms with E-state index in [1.54, 1.807) is 0 Å². The Labute approximate surface area is 149 Å². The van der Waals surface area contributed by atoms with Gasteiger partial charge in [-0.3, -0.25) is 9.59 Å². The molecule has 3 rings (SSSR count). The minimum atomic E-state index is -4.55. The number of alkyl halides is 3. The molecule has 1 aliphatic rings. The van der Waals surface area contributed by atoms with Crippen molar-refractivity contribution in [1.82, 2.24) is 0 Å². The molecule has 2 amide bonds. The molecule has 0 atom stereocenters. The Morgan fingerprint density at radius 2 is 1.52 bits per heavy atom. The van der Waals surface area contributed by atoms with E-state index in [9.17, 15) is 31.5 Å². The zero-order valence-electron chi connectivity index (χ0n) is 13.7. The molecule has 9 heteroatoms. The molecule has 1 N–H and O–H groups in total. The lowest BCUT2D eigenvalue weighted by Gasteiger charge is -2.16. The predicted octanol–water partition coefficient (Wildman–Crippen LogP) is 4.16. The van der Waals surface area contributed by atoms with Crippen molar-refractivity contribution in [3.05, 3.63) is 70.9 Å². The number of imide groups is 1. The summed E-state index contributed by atoms with van der Waals surface area (Å²) in [6.45, 7) is 1.24. The van der Waals surface area contributed by atoms with Gasteiger partial charge in [0.25, 0.3) is 11.8 Å². The second-order valence-corrected chi connectivity index (χ2v) is 5.77. The quantitative estimate of drug-likeness (QED) is 0.641. The van der Waals surface area contributed by atoms with Gasteiger partial charge in [-0.1, -0.05) is 0 Å². The van der Waals surface area contributed by atoms with Crippen LogP contribution in [-0.4, -0.2) is 11.8 Å². The third-order valence-electron chi connectivity index (χ3n) is 3.93. The molecule has 1 aliphatic heterocycles. The van der Waals surface area contributed by atoms with Crippen LogP contribution in [0.2, 0.25) is 0 Å². The van der Waals surface area contributed by atoms with Crippen molar-refractivity contribution in [3.8, 4) is 0 Å². The van der Waals surface area contributed by atoms with E-state index in [-0.39, 0.29) is 22.6 Å². The Morgan fingerprint density at radius 1 is 0.963 bits per heavy atom. The van der Waals surface area contributed by atoms with E-state index in [4.69, 9.17) is 0 Å². The summed E-state index contributed by atoms with van der Waals surface area (Å²) < 4.78 is 65.1. The van der Waals surface area contributed by atoms with Gasteiger partial charge < -0.3 is 5.32 Å². The highest BCUT2D eigenvalue weighted by molar-refractivity contribution is 6.31. The van der Waals surface area contributed by atoms with Crippen molar-refractivity contribution in [2.45, 2.75) is 13.1 Å². The molecule has 1 heterocycles. The lowest BCUT2D eigenvalue weighted by Crippen LogP contribution is -2.32. The van der Waals surface area contributed by atoms with Crippen molar-refractivity contribution >= 4 is 23.2 Å². The van der Waals surface area contributed by atoms with E-state index in [0.29, 0.717) is 4.90 Å². The molecule has 0 saturated carbocycles. The van der Waals surface area contributed by atoms with E-state index in [1.807, 2.05) is 0 Å². The number of anilines is 2.